The lowest BCUT2D eigenvalue weighted by atomic mass is 10.2. The summed E-state index contributed by atoms with van der Waals surface area (Å²) in [7, 11) is 0. The van der Waals surface area contributed by atoms with Gasteiger partial charge < -0.3 is 18.9 Å². The van der Waals surface area contributed by atoms with Crippen molar-refractivity contribution in [2.45, 2.75) is 132 Å². The Morgan fingerprint density at radius 3 is 0.844 bits per heavy atom. The lowest BCUT2D eigenvalue weighted by molar-refractivity contribution is 0.122. The van der Waals surface area contributed by atoms with Gasteiger partial charge in [-0.25, -0.2) is 0 Å². The van der Waals surface area contributed by atoms with Gasteiger partial charge in [-0.15, -0.1) is 0 Å². The van der Waals surface area contributed by atoms with Gasteiger partial charge in [0.15, 0.2) is 0 Å². The van der Waals surface area contributed by atoms with Crippen LogP contribution in [0.4, 0.5) is 0 Å². The standard InChI is InChI=1S/C13H28O2.C10H22O.C4H10O.CH4/c1-3-5-8-12-15-13-10-7-6-9-11-14-4-2;1-3-5-7-9-11-10-8-6-4-2;1-3-5-4-2;/h3-13H2,1-2H3;3-10H2,1-2H3;3-4H2,1-2H3;1H4. The summed E-state index contributed by atoms with van der Waals surface area (Å²) in [4.78, 5) is 0. The largest absolute Gasteiger partial charge is 0.382 e. The Balaban J connectivity index is -0.000000203. The zero-order valence-corrected chi connectivity index (χ0v) is 22.5. The minimum atomic E-state index is 0. The van der Waals surface area contributed by atoms with E-state index < -0.39 is 0 Å². The number of rotatable bonds is 22. The molecule has 200 valence electrons. The summed E-state index contributed by atoms with van der Waals surface area (Å²) in [5, 5.41) is 0. The summed E-state index contributed by atoms with van der Waals surface area (Å²) in [6, 6.07) is 0. The Morgan fingerprint density at radius 1 is 0.312 bits per heavy atom. The molecule has 0 amide bonds. The fourth-order valence-corrected chi connectivity index (χ4v) is 2.68. The normalized spacial score (nSPS) is 9.94. The van der Waals surface area contributed by atoms with Crippen LogP contribution in [0.15, 0.2) is 0 Å². The van der Waals surface area contributed by atoms with Crippen LogP contribution in [0.25, 0.3) is 0 Å². The third kappa shape index (κ3) is 52.0. The molecule has 0 spiro atoms. The van der Waals surface area contributed by atoms with Gasteiger partial charge in [-0.05, 0) is 52.9 Å². The predicted octanol–water partition coefficient (Wildman–Crippen LogP) is 8.85. The lowest BCUT2D eigenvalue weighted by Gasteiger charge is -2.04. The maximum atomic E-state index is 5.53. The summed E-state index contributed by atoms with van der Waals surface area (Å²) >= 11 is 0. The maximum Gasteiger partial charge on any atom is 0.0466 e. The first-order valence-corrected chi connectivity index (χ1v) is 13.6. The van der Waals surface area contributed by atoms with Crippen LogP contribution in [0.1, 0.15) is 132 Å². The fourth-order valence-electron chi connectivity index (χ4n) is 2.68. The van der Waals surface area contributed by atoms with E-state index in [1.54, 1.807) is 0 Å². The van der Waals surface area contributed by atoms with Crippen molar-refractivity contribution in [1.29, 1.82) is 0 Å². The van der Waals surface area contributed by atoms with E-state index in [1.165, 1.54) is 83.5 Å². The van der Waals surface area contributed by atoms with Crippen molar-refractivity contribution in [2.24, 2.45) is 0 Å². The van der Waals surface area contributed by atoms with E-state index in [4.69, 9.17) is 18.9 Å². The highest BCUT2D eigenvalue weighted by molar-refractivity contribution is 4.43. The molecule has 0 atom stereocenters. The number of ether oxygens (including phenoxy) is 4. The van der Waals surface area contributed by atoms with Crippen LogP contribution in [0.3, 0.4) is 0 Å². The van der Waals surface area contributed by atoms with Crippen molar-refractivity contribution in [3.63, 3.8) is 0 Å². The summed E-state index contributed by atoms with van der Waals surface area (Å²) < 4.78 is 21.1. The van der Waals surface area contributed by atoms with Crippen LogP contribution in [0, 0.1) is 0 Å². The molecule has 0 bridgehead atoms. The maximum absolute atomic E-state index is 5.53. The molecular formula is C28H64O4. The number of hydrogen-bond donors (Lipinski definition) is 0. The molecule has 0 aliphatic rings. The van der Waals surface area contributed by atoms with Gasteiger partial charge in [-0.1, -0.05) is 79.6 Å². The molecule has 0 unspecified atom stereocenters. The van der Waals surface area contributed by atoms with Gasteiger partial charge in [0, 0.05) is 52.9 Å². The summed E-state index contributed by atoms with van der Waals surface area (Å²) in [6.07, 6.45) is 16.4. The molecule has 0 radical (unpaired) electrons. The van der Waals surface area contributed by atoms with E-state index in [2.05, 4.69) is 20.8 Å². The molecule has 0 aromatic heterocycles. The number of unbranched alkanes of at least 4 members (excludes halogenated alkanes) is 9. The molecule has 32 heavy (non-hydrogen) atoms. The highest BCUT2D eigenvalue weighted by Crippen LogP contribution is 2.01. The van der Waals surface area contributed by atoms with Crippen LogP contribution < -0.4 is 0 Å². The second-order valence-corrected chi connectivity index (χ2v) is 7.74. The van der Waals surface area contributed by atoms with E-state index in [0.717, 1.165) is 52.9 Å². The molecule has 0 aliphatic heterocycles. The first-order chi connectivity index (χ1) is 15.2. The zero-order chi connectivity index (χ0) is 23.7. The van der Waals surface area contributed by atoms with Crippen LogP contribution in [0.2, 0.25) is 0 Å². The van der Waals surface area contributed by atoms with Gasteiger partial charge >= 0.3 is 0 Å². The van der Waals surface area contributed by atoms with E-state index >= 15 is 0 Å². The lowest BCUT2D eigenvalue weighted by Crippen LogP contribution is -1.98. The Bertz CT molecular complexity index is 228. The highest BCUT2D eigenvalue weighted by Gasteiger charge is 1.92. The molecule has 0 aromatic rings. The Hall–Kier alpha value is -0.160. The van der Waals surface area contributed by atoms with Crippen LogP contribution in [-0.2, 0) is 18.9 Å². The van der Waals surface area contributed by atoms with E-state index in [-0.39, 0.29) is 7.43 Å². The molecule has 0 rings (SSSR count). The fraction of sp³-hybridized carbons (Fsp3) is 1.00. The zero-order valence-electron chi connectivity index (χ0n) is 22.5. The SMILES string of the molecule is C.CCCCCOCCCCC.CCCCCOCCCCCCOCC.CCOCC. The first kappa shape index (κ1) is 39.1. The molecule has 0 heterocycles. The Morgan fingerprint density at radius 2 is 0.594 bits per heavy atom. The molecule has 4 heteroatoms. The minimum absolute atomic E-state index is 0. The van der Waals surface area contributed by atoms with Crippen molar-refractivity contribution >= 4 is 0 Å². The Kier molecular flexibility index (Phi) is 54.3. The Labute approximate surface area is 204 Å². The molecule has 0 aromatic carbocycles. The predicted molar refractivity (Wildman–Crippen MR) is 144 cm³/mol. The minimum Gasteiger partial charge on any atom is -0.382 e. The van der Waals surface area contributed by atoms with Crippen LogP contribution >= 0.6 is 0 Å². The van der Waals surface area contributed by atoms with Crippen LogP contribution in [-0.4, -0.2) is 52.9 Å². The number of hydrogen-bond acceptors (Lipinski definition) is 4. The summed E-state index contributed by atoms with van der Waals surface area (Å²) in [6.45, 7) is 20.0. The van der Waals surface area contributed by atoms with E-state index in [9.17, 15) is 0 Å². The summed E-state index contributed by atoms with van der Waals surface area (Å²) in [5.41, 5.74) is 0. The average molecular weight is 465 g/mol. The average Bonchev–Trinajstić information content (AvgIpc) is 2.78. The van der Waals surface area contributed by atoms with E-state index in [1.807, 2.05) is 20.8 Å². The molecule has 0 saturated heterocycles. The molecule has 4 nitrogen and oxygen atoms in total. The molecule has 0 fully saturated rings. The monoisotopic (exact) mass is 464 g/mol. The van der Waals surface area contributed by atoms with Crippen molar-refractivity contribution in [3.05, 3.63) is 0 Å². The smallest absolute Gasteiger partial charge is 0.0466 e. The molecular weight excluding hydrogens is 400 g/mol. The third-order valence-corrected chi connectivity index (χ3v) is 4.62. The van der Waals surface area contributed by atoms with Crippen molar-refractivity contribution in [2.75, 3.05) is 52.9 Å². The van der Waals surface area contributed by atoms with Crippen molar-refractivity contribution in [1.82, 2.24) is 0 Å². The molecule has 0 saturated carbocycles. The molecule has 0 aliphatic carbocycles. The highest BCUT2D eigenvalue weighted by atomic mass is 16.5. The topological polar surface area (TPSA) is 36.9 Å². The quantitative estimate of drug-likeness (QED) is 0.150. The van der Waals surface area contributed by atoms with Gasteiger partial charge in [-0.2, -0.15) is 0 Å². The van der Waals surface area contributed by atoms with Gasteiger partial charge in [-0.3, -0.25) is 0 Å². The van der Waals surface area contributed by atoms with Gasteiger partial charge in [0.1, 0.15) is 0 Å². The van der Waals surface area contributed by atoms with Crippen molar-refractivity contribution in [3.8, 4) is 0 Å². The van der Waals surface area contributed by atoms with Crippen molar-refractivity contribution < 1.29 is 18.9 Å². The second kappa shape index (κ2) is 44.5. The van der Waals surface area contributed by atoms with Gasteiger partial charge in [0.05, 0.1) is 0 Å². The first-order valence-electron chi connectivity index (χ1n) is 13.6. The summed E-state index contributed by atoms with van der Waals surface area (Å²) in [5.74, 6) is 0. The molecule has 0 N–H and O–H groups in total. The van der Waals surface area contributed by atoms with Gasteiger partial charge in [0.2, 0.25) is 0 Å². The van der Waals surface area contributed by atoms with E-state index in [0.29, 0.717) is 0 Å². The second-order valence-electron chi connectivity index (χ2n) is 7.74. The van der Waals surface area contributed by atoms with Crippen LogP contribution in [0.5, 0.6) is 0 Å². The van der Waals surface area contributed by atoms with Gasteiger partial charge in [0.25, 0.3) is 0 Å². The third-order valence-electron chi connectivity index (χ3n) is 4.62.